The summed E-state index contributed by atoms with van der Waals surface area (Å²) in [6, 6.07) is 16.3. The maximum atomic E-state index is 11.6. The van der Waals surface area contributed by atoms with Crippen molar-refractivity contribution in [2.45, 2.75) is 38.9 Å². The van der Waals surface area contributed by atoms with Crippen LogP contribution in [0.5, 0.6) is 0 Å². The van der Waals surface area contributed by atoms with Crippen LogP contribution in [0.4, 0.5) is 0 Å². The Morgan fingerprint density at radius 3 is 1.33 bits per heavy atom. The molecule has 0 aromatic carbocycles. The number of aromatic nitrogens is 4. The number of nitrogens with zero attached hydrogens (tertiary/aromatic N) is 2. The van der Waals surface area contributed by atoms with Crippen molar-refractivity contribution in [2.75, 3.05) is 0 Å². The van der Waals surface area contributed by atoms with Crippen molar-refractivity contribution in [3.05, 3.63) is 83.4 Å². The minimum atomic E-state index is -0.853. The summed E-state index contributed by atoms with van der Waals surface area (Å²) in [5, 5.41) is 37.8. The number of carboxylic acid groups (broad SMARTS) is 2. The van der Waals surface area contributed by atoms with Gasteiger partial charge in [-0.25, -0.2) is 9.97 Å². The summed E-state index contributed by atoms with van der Waals surface area (Å²) in [6.07, 6.45) is 4.06. The number of nitrogens with one attached hydrogen (secondary N) is 2. The standard InChI is InChI=1S/C34H28N4O6S5/c39-15-19-13-35-33(37-19)25-7-3-21(45-25)27-11-17(1-9-29(41)42)31(48-27)23-5-6-24(47-23)32-18(2-10-30(43)44)12-28(49-32)22-4-8-26(46-22)34-36-14-20(16-40)38-34/h3-8,11-14,39-40H,1-2,9-10,15-16H2,(H,35,37)(H,36,38)(H,41,42)(H,43,44). The summed E-state index contributed by atoms with van der Waals surface area (Å²) in [5.41, 5.74) is 3.22. The first-order valence-electron chi connectivity index (χ1n) is 15.1. The fourth-order valence-electron chi connectivity index (χ4n) is 5.28. The Kier molecular flexibility index (Phi) is 9.73. The van der Waals surface area contributed by atoms with Crippen LogP contribution < -0.4 is 0 Å². The molecule has 7 aromatic rings. The molecule has 15 heteroatoms. The number of aliphatic hydroxyl groups excluding tert-OH is 2. The second-order valence-corrected chi connectivity index (χ2v) is 16.4. The predicted octanol–water partition coefficient (Wildman–Crippen LogP) is 8.46. The minimum absolute atomic E-state index is 0.0170. The number of aromatic amines is 2. The zero-order valence-electron chi connectivity index (χ0n) is 25.6. The molecule has 0 fully saturated rings. The minimum Gasteiger partial charge on any atom is -0.481 e. The average molecular weight is 749 g/mol. The topological polar surface area (TPSA) is 172 Å². The third kappa shape index (κ3) is 7.23. The normalized spacial score (nSPS) is 11.5. The summed E-state index contributed by atoms with van der Waals surface area (Å²) in [6.45, 7) is -0.229. The van der Waals surface area contributed by atoms with E-state index in [4.69, 9.17) is 0 Å². The molecule has 6 N–H and O–H groups in total. The number of carbonyl (C=O) groups is 2. The van der Waals surface area contributed by atoms with Crippen LogP contribution >= 0.6 is 56.7 Å². The van der Waals surface area contributed by atoms with E-state index in [1.807, 2.05) is 24.3 Å². The van der Waals surface area contributed by atoms with Gasteiger partial charge in [0.25, 0.3) is 0 Å². The van der Waals surface area contributed by atoms with Crippen LogP contribution in [0.15, 0.2) is 60.9 Å². The van der Waals surface area contributed by atoms with Crippen LogP contribution in [-0.4, -0.2) is 52.3 Å². The van der Waals surface area contributed by atoms with Gasteiger partial charge in [0, 0.05) is 51.9 Å². The van der Waals surface area contributed by atoms with Crippen molar-refractivity contribution >= 4 is 68.6 Å². The van der Waals surface area contributed by atoms with E-state index >= 15 is 0 Å². The third-order valence-corrected chi connectivity index (χ3v) is 14.0. The number of carboxylic acids is 2. The van der Waals surface area contributed by atoms with Gasteiger partial charge in [0.15, 0.2) is 0 Å². The van der Waals surface area contributed by atoms with E-state index < -0.39 is 11.9 Å². The number of hydrogen-bond acceptors (Lipinski definition) is 11. The number of thiophene rings is 5. The van der Waals surface area contributed by atoms with E-state index in [0.717, 1.165) is 59.9 Å². The predicted molar refractivity (Wildman–Crippen MR) is 196 cm³/mol. The van der Waals surface area contributed by atoms with Crippen LogP contribution in [-0.2, 0) is 35.6 Å². The zero-order chi connectivity index (χ0) is 34.1. The van der Waals surface area contributed by atoms with Gasteiger partial charge in [0.05, 0.1) is 46.7 Å². The van der Waals surface area contributed by atoms with Gasteiger partial charge in [-0.3, -0.25) is 9.59 Å². The first kappa shape index (κ1) is 33.3. The lowest BCUT2D eigenvalue weighted by Crippen LogP contribution is -1.97. The molecule has 0 aliphatic carbocycles. The van der Waals surface area contributed by atoms with Gasteiger partial charge in [0.2, 0.25) is 0 Å². The monoisotopic (exact) mass is 748 g/mol. The summed E-state index contributed by atoms with van der Waals surface area (Å²) in [7, 11) is 0. The first-order valence-corrected chi connectivity index (χ1v) is 19.2. The van der Waals surface area contributed by atoms with Crippen molar-refractivity contribution < 1.29 is 30.0 Å². The molecule has 250 valence electrons. The quantitative estimate of drug-likeness (QED) is 0.0643. The number of aliphatic carboxylic acids is 2. The van der Waals surface area contributed by atoms with Crippen molar-refractivity contribution in [3.63, 3.8) is 0 Å². The molecule has 7 heterocycles. The smallest absolute Gasteiger partial charge is 0.303 e. The Labute approximate surface area is 299 Å². The van der Waals surface area contributed by atoms with Crippen molar-refractivity contribution in [2.24, 2.45) is 0 Å². The van der Waals surface area contributed by atoms with Gasteiger partial charge in [-0.1, -0.05) is 0 Å². The van der Waals surface area contributed by atoms with E-state index in [1.165, 1.54) is 0 Å². The molecule has 0 spiro atoms. The van der Waals surface area contributed by atoms with Crippen LogP contribution in [0.2, 0.25) is 0 Å². The Bertz CT molecular complexity index is 2110. The average Bonchev–Trinajstić information content (AvgIpc) is 3.94. The molecule has 0 unspecified atom stereocenters. The molecule has 0 saturated carbocycles. The molecule has 0 radical (unpaired) electrons. The summed E-state index contributed by atoms with van der Waals surface area (Å²) in [4.78, 5) is 48.3. The van der Waals surface area contributed by atoms with E-state index in [9.17, 15) is 30.0 Å². The van der Waals surface area contributed by atoms with Crippen LogP contribution in [0, 0.1) is 0 Å². The number of rotatable bonds is 14. The molecule has 0 atom stereocenters. The maximum absolute atomic E-state index is 11.6. The molecule has 10 nitrogen and oxygen atoms in total. The van der Waals surface area contributed by atoms with Gasteiger partial charge in [-0.15, -0.1) is 56.7 Å². The lowest BCUT2D eigenvalue weighted by atomic mass is 10.1. The fraction of sp³-hybridized carbons (Fsp3) is 0.176. The molecular weight excluding hydrogens is 721 g/mol. The van der Waals surface area contributed by atoms with Gasteiger partial charge in [0.1, 0.15) is 11.6 Å². The molecule has 7 aromatic heterocycles. The lowest BCUT2D eigenvalue weighted by molar-refractivity contribution is -0.138. The summed E-state index contributed by atoms with van der Waals surface area (Å²) < 4.78 is 0. The van der Waals surface area contributed by atoms with Crippen LogP contribution in [0.25, 0.3) is 60.4 Å². The second kappa shape index (κ2) is 14.3. The number of aliphatic hydroxyl groups is 2. The van der Waals surface area contributed by atoms with Gasteiger partial charge in [-0.05, 0) is 72.5 Å². The Morgan fingerprint density at radius 2 is 0.939 bits per heavy atom. The Morgan fingerprint density at radius 1 is 0.551 bits per heavy atom. The molecular formula is C34H28N4O6S5. The van der Waals surface area contributed by atoms with Gasteiger partial charge in [-0.2, -0.15) is 0 Å². The van der Waals surface area contributed by atoms with E-state index in [-0.39, 0.29) is 26.1 Å². The number of aryl methyl sites for hydroxylation is 2. The molecule has 0 aliphatic heterocycles. The molecule has 0 amide bonds. The van der Waals surface area contributed by atoms with Crippen molar-refractivity contribution in [3.8, 4) is 60.4 Å². The molecule has 7 rings (SSSR count). The SMILES string of the molecule is O=C(O)CCc1cc(-c2ccc(-c3ncc(CO)[nH]3)s2)sc1-c1ccc(-c2sc(-c3ccc(-c4ncc(CO)[nH]4)s3)cc2CCC(=O)O)s1. The van der Waals surface area contributed by atoms with Crippen molar-refractivity contribution in [1.29, 1.82) is 0 Å². The molecule has 49 heavy (non-hydrogen) atoms. The van der Waals surface area contributed by atoms with Crippen LogP contribution in [0.3, 0.4) is 0 Å². The van der Waals surface area contributed by atoms with E-state index in [2.05, 4.69) is 44.2 Å². The highest BCUT2D eigenvalue weighted by atomic mass is 32.1. The largest absolute Gasteiger partial charge is 0.481 e. The molecule has 0 bridgehead atoms. The van der Waals surface area contributed by atoms with Gasteiger partial charge >= 0.3 is 11.9 Å². The van der Waals surface area contributed by atoms with E-state index in [1.54, 1.807) is 69.1 Å². The lowest BCUT2D eigenvalue weighted by Gasteiger charge is -2.01. The molecule has 0 saturated heterocycles. The van der Waals surface area contributed by atoms with Gasteiger partial charge < -0.3 is 30.4 Å². The Balaban J connectivity index is 1.21. The first-order chi connectivity index (χ1) is 23.8. The van der Waals surface area contributed by atoms with E-state index in [0.29, 0.717) is 35.9 Å². The number of H-pyrrole nitrogens is 2. The highest BCUT2D eigenvalue weighted by Crippen LogP contribution is 2.49. The second-order valence-electron chi connectivity index (χ2n) is 11.0. The third-order valence-electron chi connectivity index (χ3n) is 7.65. The summed E-state index contributed by atoms with van der Waals surface area (Å²) >= 11 is 8.04. The highest BCUT2D eigenvalue weighted by Gasteiger charge is 2.21. The maximum Gasteiger partial charge on any atom is 0.303 e. The van der Waals surface area contributed by atoms with Crippen LogP contribution in [0.1, 0.15) is 35.4 Å². The number of imidazole rings is 2. The summed E-state index contributed by atoms with van der Waals surface area (Å²) in [5.74, 6) is -0.326. The zero-order valence-corrected chi connectivity index (χ0v) is 29.6. The fourth-order valence-corrected chi connectivity index (χ4v) is 11.1. The highest BCUT2D eigenvalue weighted by molar-refractivity contribution is 7.30. The number of hydrogen-bond donors (Lipinski definition) is 6. The Hall–Kier alpha value is -4.22. The molecule has 0 aliphatic rings. The van der Waals surface area contributed by atoms with Crippen molar-refractivity contribution in [1.82, 2.24) is 19.9 Å².